The molecule has 4 aliphatic carbocycles. The number of benzene rings is 1. The molecule has 3 atom stereocenters. The Labute approximate surface area is 196 Å². The number of aliphatic hydroxyl groups is 1. The number of fused-ring (bicyclic) bond motifs is 1. The number of anilines is 1. The smallest absolute Gasteiger partial charge is 0.258 e. The first-order valence-corrected chi connectivity index (χ1v) is 12.9. The predicted molar refractivity (Wildman–Crippen MR) is 132 cm³/mol. The van der Waals surface area contributed by atoms with E-state index in [0.717, 1.165) is 23.1 Å². The van der Waals surface area contributed by atoms with Gasteiger partial charge in [0.25, 0.3) is 5.56 Å². The number of hydrogen-bond donors (Lipinski definition) is 2. The molecule has 6 rings (SSSR count). The lowest BCUT2D eigenvalue weighted by molar-refractivity contribution is -0.123. The Morgan fingerprint density at radius 3 is 2.58 bits per heavy atom. The molecule has 178 valence electrons. The fourth-order valence-corrected chi connectivity index (χ4v) is 7.42. The summed E-state index contributed by atoms with van der Waals surface area (Å²) in [5.41, 5.74) is 0.774. The molecule has 1 amide bonds. The van der Waals surface area contributed by atoms with Crippen molar-refractivity contribution < 1.29 is 9.90 Å². The molecule has 0 saturated heterocycles. The quantitative estimate of drug-likeness (QED) is 0.609. The number of nitrogens with zero attached hydrogens (tertiary/aromatic N) is 1. The highest BCUT2D eigenvalue weighted by molar-refractivity contribution is 6.02. The predicted octanol–water partition coefficient (Wildman–Crippen LogP) is 5.52. The molecular weight excluding hydrogens is 412 g/mol. The molecule has 0 aliphatic heterocycles. The molecule has 0 spiro atoms. The zero-order valence-corrected chi connectivity index (χ0v) is 20.1. The maximum atomic E-state index is 13.2. The van der Waals surface area contributed by atoms with Gasteiger partial charge in [0.05, 0.1) is 12.6 Å². The minimum Gasteiger partial charge on any atom is -0.394 e. The van der Waals surface area contributed by atoms with Crippen molar-refractivity contribution in [2.24, 2.45) is 29.1 Å². The third-order valence-corrected chi connectivity index (χ3v) is 8.82. The van der Waals surface area contributed by atoms with Crippen LogP contribution in [0.25, 0.3) is 10.8 Å². The number of nitrogens with one attached hydrogen (secondary N) is 1. The molecule has 4 saturated carbocycles. The molecule has 0 radical (unpaired) electrons. The van der Waals surface area contributed by atoms with E-state index in [1.165, 1.54) is 51.4 Å². The monoisotopic (exact) mass is 450 g/mol. The first-order valence-electron chi connectivity index (χ1n) is 12.9. The summed E-state index contributed by atoms with van der Waals surface area (Å²) in [7, 11) is 0. The second kappa shape index (κ2) is 8.90. The maximum absolute atomic E-state index is 13.2. The van der Waals surface area contributed by atoms with Crippen LogP contribution in [0, 0.1) is 29.1 Å². The minimum absolute atomic E-state index is 0.0773. The van der Waals surface area contributed by atoms with Gasteiger partial charge in [-0.3, -0.25) is 9.59 Å². The zero-order chi connectivity index (χ0) is 23.2. The third kappa shape index (κ3) is 4.37. The summed E-state index contributed by atoms with van der Waals surface area (Å²) in [6.07, 6.45) is 12.9. The number of carbonyl (C=O) groups excluding carboxylic acids is 1. The molecule has 3 unspecified atom stereocenters. The van der Waals surface area contributed by atoms with Crippen LogP contribution in [0.15, 0.2) is 35.3 Å². The van der Waals surface area contributed by atoms with Gasteiger partial charge in [-0.1, -0.05) is 39.2 Å². The van der Waals surface area contributed by atoms with Gasteiger partial charge in [0, 0.05) is 29.1 Å². The second-order valence-electron chi connectivity index (χ2n) is 11.6. The van der Waals surface area contributed by atoms with Crippen LogP contribution in [0.4, 0.5) is 5.69 Å². The molecule has 4 bridgehead atoms. The second-order valence-corrected chi connectivity index (χ2v) is 11.6. The van der Waals surface area contributed by atoms with Crippen LogP contribution >= 0.6 is 0 Å². The number of aromatic nitrogens is 1. The van der Waals surface area contributed by atoms with E-state index in [4.69, 9.17) is 0 Å². The summed E-state index contributed by atoms with van der Waals surface area (Å²) in [5.74, 6) is 2.77. The molecule has 2 N–H and O–H groups in total. The standard InChI is InChI=1S/C28H38N2O3/c1-18(2)25(17-31)30-10-9-22-23(27(30)33)7-4-8-24(22)29-26(32)16-28-13-20-6-3-5-19(11-20)12-21(14-28)15-28/h4,7-10,18-21,25,31H,3,5-6,11-17H2,1-2H3,(H,29,32). The average molecular weight is 451 g/mol. The molecule has 1 aromatic carbocycles. The first-order chi connectivity index (χ1) is 15.9. The van der Waals surface area contributed by atoms with Crippen LogP contribution in [0.1, 0.15) is 77.7 Å². The maximum Gasteiger partial charge on any atom is 0.258 e. The number of hydrogen-bond acceptors (Lipinski definition) is 3. The van der Waals surface area contributed by atoms with E-state index in [0.29, 0.717) is 17.5 Å². The van der Waals surface area contributed by atoms with Gasteiger partial charge >= 0.3 is 0 Å². The largest absolute Gasteiger partial charge is 0.394 e. The van der Waals surface area contributed by atoms with Gasteiger partial charge in [0.15, 0.2) is 0 Å². The molecule has 33 heavy (non-hydrogen) atoms. The third-order valence-electron chi connectivity index (χ3n) is 8.82. The summed E-state index contributed by atoms with van der Waals surface area (Å²) in [6, 6.07) is 7.17. The molecule has 2 aromatic rings. The number of pyridine rings is 1. The first kappa shape index (κ1) is 22.6. The summed E-state index contributed by atoms with van der Waals surface area (Å²) >= 11 is 0. The number of rotatable bonds is 6. The van der Waals surface area contributed by atoms with E-state index >= 15 is 0 Å². The normalized spacial score (nSPS) is 29.8. The highest BCUT2D eigenvalue weighted by atomic mass is 16.3. The fraction of sp³-hybridized carbons (Fsp3) is 0.643. The van der Waals surface area contributed by atoms with Gasteiger partial charge < -0.3 is 15.0 Å². The van der Waals surface area contributed by atoms with Gasteiger partial charge in [0.2, 0.25) is 5.91 Å². The minimum atomic E-state index is -0.260. The van der Waals surface area contributed by atoms with Crippen molar-refractivity contribution in [3.63, 3.8) is 0 Å². The summed E-state index contributed by atoms with van der Waals surface area (Å²) in [5, 5.41) is 14.3. The fourth-order valence-electron chi connectivity index (χ4n) is 7.42. The van der Waals surface area contributed by atoms with Crippen molar-refractivity contribution in [3.8, 4) is 0 Å². The molecule has 1 heterocycles. The summed E-state index contributed by atoms with van der Waals surface area (Å²) in [6.45, 7) is 3.92. The van der Waals surface area contributed by atoms with Crippen molar-refractivity contribution in [1.82, 2.24) is 4.57 Å². The van der Waals surface area contributed by atoms with Crippen molar-refractivity contribution in [1.29, 1.82) is 0 Å². The SMILES string of the molecule is CC(C)C(CO)n1ccc2c(NC(=O)CC34CC5CCCC(C5)CC(C3)C4)cccc2c1=O. The topological polar surface area (TPSA) is 71.3 Å². The van der Waals surface area contributed by atoms with E-state index in [2.05, 4.69) is 5.32 Å². The van der Waals surface area contributed by atoms with Gasteiger partial charge in [-0.25, -0.2) is 0 Å². The molecule has 5 nitrogen and oxygen atoms in total. The van der Waals surface area contributed by atoms with Crippen LogP contribution in [0.3, 0.4) is 0 Å². The van der Waals surface area contributed by atoms with Gasteiger partial charge in [-0.05, 0) is 79.4 Å². The van der Waals surface area contributed by atoms with Crippen molar-refractivity contribution in [2.45, 2.75) is 77.7 Å². The lowest BCUT2D eigenvalue weighted by Gasteiger charge is -2.54. The summed E-state index contributed by atoms with van der Waals surface area (Å²) in [4.78, 5) is 26.4. The molecule has 4 fully saturated rings. The molecule has 1 aromatic heterocycles. The highest BCUT2D eigenvalue weighted by Gasteiger charge is 2.49. The zero-order valence-electron chi connectivity index (χ0n) is 20.1. The van der Waals surface area contributed by atoms with Gasteiger partial charge in [0.1, 0.15) is 0 Å². The average Bonchev–Trinajstić information content (AvgIpc) is 2.74. The molecule has 5 heteroatoms. The van der Waals surface area contributed by atoms with E-state index in [-0.39, 0.29) is 35.4 Å². The Bertz CT molecular complexity index is 1080. The van der Waals surface area contributed by atoms with E-state index in [1.807, 2.05) is 38.1 Å². The van der Waals surface area contributed by atoms with E-state index < -0.39 is 0 Å². The lowest BCUT2D eigenvalue weighted by Crippen LogP contribution is -2.45. The van der Waals surface area contributed by atoms with Crippen LogP contribution in [-0.2, 0) is 4.79 Å². The Morgan fingerprint density at radius 2 is 1.82 bits per heavy atom. The van der Waals surface area contributed by atoms with E-state index in [9.17, 15) is 14.7 Å². The van der Waals surface area contributed by atoms with Crippen LogP contribution in [0.2, 0.25) is 0 Å². The van der Waals surface area contributed by atoms with E-state index in [1.54, 1.807) is 10.8 Å². The Morgan fingerprint density at radius 1 is 1.09 bits per heavy atom. The lowest BCUT2D eigenvalue weighted by atomic mass is 9.51. The number of amides is 1. The Kier molecular flexibility index (Phi) is 6.11. The Hall–Kier alpha value is -2.14. The van der Waals surface area contributed by atoms with Crippen molar-refractivity contribution in [3.05, 3.63) is 40.8 Å². The van der Waals surface area contributed by atoms with Crippen LogP contribution in [-0.4, -0.2) is 22.2 Å². The van der Waals surface area contributed by atoms with Gasteiger partial charge in [-0.2, -0.15) is 0 Å². The molecule has 4 aliphatic rings. The van der Waals surface area contributed by atoms with Crippen LogP contribution < -0.4 is 10.9 Å². The molecular formula is C28H38N2O3. The number of aliphatic hydroxyl groups excluding tert-OH is 1. The Balaban J connectivity index is 1.34. The van der Waals surface area contributed by atoms with Gasteiger partial charge in [-0.15, -0.1) is 0 Å². The van der Waals surface area contributed by atoms with Crippen molar-refractivity contribution in [2.75, 3.05) is 11.9 Å². The van der Waals surface area contributed by atoms with Crippen LogP contribution in [0.5, 0.6) is 0 Å². The number of carbonyl (C=O) groups is 1. The highest BCUT2D eigenvalue weighted by Crippen LogP contribution is 2.59. The summed E-state index contributed by atoms with van der Waals surface area (Å²) < 4.78 is 1.62. The van der Waals surface area contributed by atoms with Crippen molar-refractivity contribution >= 4 is 22.4 Å².